The van der Waals surface area contributed by atoms with Crippen molar-refractivity contribution in [3.8, 4) is 5.75 Å². The van der Waals surface area contributed by atoms with Gasteiger partial charge >= 0.3 is 0 Å². The van der Waals surface area contributed by atoms with Crippen molar-refractivity contribution < 1.29 is 14.3 Å². The number of benzene rings is 3. The fourth-order valence-electron chi connectivity index (χ4n) is 3.07. The SMILES string of the molecule is O=C1S/C(=C\c2ccc(OCc3ccc(Cl)cc3)c(Cl)c2)C(=O)N1Cc1cccc(Cl)c1. The number of amides is 2. The third-order valence-corrected chi connectivity index (χ3v) is 6.35. The van der Waals surface area contributed by atoms with E-state index in [1.54, 1.807) is 54.6 Å². The molecule has 0 spiro atoms. The van der Waals surface area contributed by atoms with Crippen molar-refractivity contribution in [3.05, 3.63) is 103 Å². The fourth-order valence-corrected chi connectivity index (χ4v) is 4.49. The zero-order chi connectivity index (χ0) is 22.7. The molecule has 1 aliphatic heterocycles. The largest absolute Gasteiger partial charge is 0.487 e. The minimum absolute atomic E-state index is 0.167. The zero-order valence-corrected chi connectivity index (χ0v) is 19.6. The van der Waals surface area contributed by atoms with Crippen LogP contribution in [0.1, 0.15) is 16.7 Å². The van der Waals surface area contributed by atoms with Crippen molar-refractivity contribution in [1.29, 1.82) is 0 Å². The number of hydrogen-bond acceptors (Lipinski definition) is 4. The van der Waals surface area contributed by atoms with Crippen LogP contribution in [0.25, 0.3) is 6.08 Å². The maximum atomic E-state index is 12.8. The lowest BCUT2D eigenvalue weighted by Gasteiger charge is -2.12. The van der Waals surface area contributed by atoms with Crippen LogP contribution >= 0.6 is 46.6 Å². The van der Waals surface area contributed by atoms with E-state index in [4.69, 9.17) is 39.5 Å². The van der Waals surface area contributed by atoms with E-state index in [9.17, 15) is 9.59 Å². The molecule has 0 atom stereocenters. The Balaban J connectivity index is 1.45. The molecule has 4 rings (SSSR count). The summed E-state index contributed by atoms with van der Waals surface area (Å²) in [7, 11) is 0. The Labute approximate surface area is 204 Å². The molecule has 0 bridgehead atoms. The van der Waals surface area contributed by atoms with E-state index >= 15 is 0 Å². The van der Waals surface area contributed by atoms with E-state index in [1.807, 2.05) is 18.2 Å². The van der Waals surface area contributed by atoms with Crippen molar-refractivity contribution in [2.45, 2.75) is 13.2 Å². The van der Waals surface area contributed by atoms with E-state index in [0.29, 0.717) is 37.9 Å². The molecule has 0 N–H and O–H groups in total. The molecule has 1 saturated heterocycles. The highest BCUT2D eigenvalue weighted by molar-refractivity contribution is 8.18. The van der Waals surface area contributed by atoms with E-state index in [0.717, 1.165) is 22.9 Å². The van der Waals surface area contributed by atoms with Gasteiger partial charge in [0.25, 0.3) is 11.1 Å². The summed E-state index contributed by atoms with van der Waals surface area (Å²) in [5, 5.41) is 1.30. The Morgan fingerprint density at radius 1 is 0.875 bits per heavy atom. The molecule has 0 radical (unpaired) electrons. The summed E-state index contributed by atoms with van der Waals surface area (Å²) in [6.07, 6.45) is 1.65. The van der Waals surface area contributed by atoms with Gasteiger partial charge in [0, 0.05) is 10.0 Å². The van der Waals surface area contributed by atoms with Crippen LogP contribution in [0.3, 0.4) is 0 Å². The summed E-state index contributed by atoms with van der Waals surface area (Å²) in [5.74, 6) is 0.173. The van der Waals surface area contributed by atoms with E-state index in [-0.39, 0.29) is 17.7 Å². The van der Waals surface area contributed by atoms with Crippen LogP contribution < -0.4 is 4.74 Å². The summed E-state index contributed by atoms with van der Waals surface area (Å²) in [4.78, 5) is 26.7. The highest BCUT2D eigenvalue weighted by Crippen LogP contribution is 2.35. The van der Waals surface area contributed by atoms with Crippen LogP contribution in [-0.4, -0.2) is 16.0 Å². The van der Waals surface area contributed by atoms with Crippen molar-refractivity contribution in [3.63, 3.8) is 0 Å². The molecule has 0 aliphatic carbocycles. The van der Waals surface area contributed by atoms with Crippen LogP contribution in [0.5, 0.6) is 5.75 Å². The number of ether oxygens (including phenoxy) is 1. The number of hydrogen-bond donors (Lipinski definition) is 0. The number of rotatable bonds is 6. The van der Waals surface area contributed by atoms with Crippen molar-refractivity contribution in [2.24, 2.45) is 0 Å². The van der Waals surface area contributed by atoms with Gasteiger partial charge in [-0.1, -0.05) is 65.1 Å². The average Bonchev–Trinajstić information content (AvgIpc) is 3.02. The second-order valence-corrected chi connectivity index (χ2v) is 9.28. The predicted molar refractivity (Wildman–Crippen MR) is 130 cm³/mol. The molecule has 1 heterocycles. The normalized spacial score (nSPS) is 15.0. The Kier molecular flexibility index (Phi) is 7.11. The van der Waals surface area contributed by atoms with E-state index in [1.165, 1.54) is 4.90 Å². The first-order valence-electron chi connectivity index (χ1n) is 9.55. The van der Waals surface area contributed by atoms with Crippen LogP contribution in [0.2, 0.25) is 15.1 Å². The van der Waals surface area contributed by atoms with Gasteiger partial charge in [-0.05, 0) is 70.9 Å². The second kappa shape index (κ2) is 10.0. The first kappa shape index (κ1) is 22.7. The molecule has 0 unspecified atom stereocenters. The van der Waals surface area contributed by atoms with E-state index in [2.05, 4.69) is 0 Å². The maximum Gasteiger partial charge on any atom is 0.293 e. The molecular weight excluding hydrogens is 489 g/mol. The van der Waals surface area contributed by atoms with Gasteiger partial charge in [-0.15, -0.1) is 0 Å². The lowest BCUT2D eigenvalue weighted by molar-refractivity contribution is -0.123. The standard InChI is InChI=1S/C24H16Cl3NO3S/c25-18-7-4-15(5-8-18)14-31-21-9-6-16(11-20(21)27)12-22-23(29)28(24(30)32-22)13-17-2-1-3-19(26)10-17/h1-12H,13-14H2/b22-12-. The molecule has 8 heteroatoms. The highest BCUT2D eigenvalue weighted by atomic mass is 35.5. The van der Waals surface area contributed by atoms with Crippen LogP contribution in [0.15, 0.2) is 71.6 Å². The number of carbonyl (C=O) groups is 2. The summed E-state index contributed by atoms with van der Waals surface area (Å²) >= 11 is 19.2. The quantitative estimate of drug-likeness (QED) is 0.327. The second-order valence-electron chi connectivity index (χ2n) is 7.00. The van der Waals surface area contributed by atoms with Crippen molar-refractivity contribution >= 4 is 63.8 Å². The molecule has 162 valence electrons. The van der Waals surface area contributed by atoms with Gasteiger partial charge in [0.2, 0.25) is 0 Å². The fraction of sp³-hybridized carbons (Fsp3) is 0.0833. The summed E-state index contributed by atoms with van der Waals surface area (Å²) in [5.41, 5.74) is 2.44. The third-order valence-electron chi connectivity index (χ3n) is 4.66. The topological polar surface area (TPSA) is 46.6 Å². The molecule has 1 aliphatic rings. The number of carbonyl (C=O) groups excluding carboxylic acids is 2. The van der Waals surface area contributed by atoms with Crippen molar-refractivity contribution in [2.75, 3.05) is 0 Å². The first-order valence-corrected chi connectivity index (χ1v) is 11.5. The van der Waals surface area contributed by atoms with Gasteiger partial charge in [0.1, 0.15) is 12.4 Å². The average molecular weight is 505 g/mol. The zero-order valence-electron chi connectivity index (χ0n) is 16.6. The minimum atomic E-state index is -0.348. The van der Waals surface area contributed by atoms with Gasteiger partial charge in [-0.25, -0.2) is 0 Å². The predicted octanol–water partition coefficient (Wildman–Crippen LogP) is 7.46. The van der Waals surface area contributed by atoms with Gasteiger partial charge < -0.3 is 4.74 Å². The molecule has 1 fully saturated rings. The molecule has 4 nitrogen and oxygen atoms in total. The lowest BCUT2D eigenvalue weighted by Crippen LogP contribution is -2.27. The Morgan fingerprint density at radius 2 is 1.66 bits per heavy atom. The Hall–Kier alpha value is -2.44. The molecule has 32 heavy (non-hydrogen) atoms. The molecule has 3 aromatic rings. The Bertz CT molecular complexity index is 1210. The summed E-state index contributed by atoms with van der Waals surface area (Å²) in [6, 6.07) is 19.6. The van der Waals surface area contributed by atoms with Crippen LogP contribution in [0.4, 0.5) is 4.79 Å². The van der Waals surface area contributed by atoms with Gasteiger partial charge in [0.05, 0.1) is 16.5 Å². The van der Waals surface area contributed by atoms with Gasteiger partial charge in [-0.2, -0.15) is 0 Å². The highest BCUT2D eigenvalue weighted by Gasteiger charge is 2.35. The van der Waals surface area contributed by atoms with Gasteiger partial charge in [0.15, 0.2) is 0 Å². The monoisotopic (exact) mass is 503 g/mol. The molecule has 0 saturated carbocycles. The molecular formula is C24H16Cl3NO3S. The molecule has 0 aromatic heterocycles. The van der Waals surface area contributed by atoms with Crippen LogP contribution in [0, 0.1) is 0 Å². The first-order chi connectivity index (χ1) is 15.4. The smallest absolute Gasteiger partial charge is 0.293 e. The summed E-state index contributed by atoms with van der Waals surface area (Å²) in [6.45, 7) is 0.513. The number of imide groups is 1. The van der Waals surface area contributed by atoms with Gasteiger partial charge in [-0.3, -0.25) is 14.5 Å². The number of nitrogens with zero attached hydrogens (tertiary/aromatic N) is 1. The van der Waals surface area contributed by atoms with Crippen LogP contribution in [-0.2, 0) is 17.9 Å². The number of halogens is 3. The number of thioether (sulfide) groups is 1. The maximum absolute atomic E-state index is 12.8. The molecule has 3 aromatic carbocycles. The van der Waals surface area contributed by atoms with Crippen molar-refractivity contribution in [1.82, 2.24) is 4.90 Å². The minimum Gasteiger partial charge on any atom is -0.487 e. The lowest BCUT2D eigenvalue weighted by atomic mass is 10.2. The Morgan fingerprint density at radius 3 is 2.38 bits per heavy atom. The summed E-state index contributed by atoms with van der Waals surface area (Å²) < 4.78 is 5.78. The van der Waals surface area contributed by atoms with E-state index < -0.39 is 0 Å². The molecule has 2 amide bonds. The third kappa shape index (κ3) is 5.48.